The van der Waals surface area contributed by atoms with Crippen LogP contribution in [0.25, 0.3) is 10.9 Å². The third-order valence-corrected chi connectivity index (χ3v) is 9.79. The number of carbonyl (C=O) groups is 1. The Morgan fingerprint density at radius 1 is 1.09 bits per heavy atom. The Hall–Kier alpha value is -4.10. The molecule has 2 aliphatic carbocycles. The van der Waals surface area contributed by atoms with Gasteiger partial charge >= 0.3 is 0 Å². The Labute approximate surface area is 265 Å². The lowest BCUT2D eigenvalue weighted by Crippen LogP contribution is -2.32. The Balaban J connectivity index is 1.17. The molecular weight excluding hydrogens is 616 g/mol. The van der Waals surface area contributed by atoms with Crippen molar-refractivity contribution in [3.8, 4) is 0 Å². The fraction of sp³-hybridized carbons (Fsp3) is 0.419. The quantitative estimate of drug-likeness (QED) is 0.271. The molecule has 14 heteroatoms. The number of hydrogen-bond acceptors (Lipinski definition) is 10. The first kappa shape index (κ1) is 29.6. The summed E-state index contributed by atoms with van der Waals surface area (Å²) in [5.41, 5.74) is 3.35. The zero-order valence-electron chi connectivity index (χ0n) is 25.3. The van der Waals surface area contributed by atoms with Crippen molar-refractivity contribution in [3.63, 3.8) is 0 Å². The maximum atomic E-state index is 13.7. The van der Waals surface area contributed by atoms with E-state index in [1.165, 1.54) is 24.5 Å². The second kappa shape index (κ2) is 10.8. The van der Waals surface area contributed by atoms with Gasteiger partial charge in [-0.05, 0) is 73.8 Å². The van der Waals surface area contributed by atoms with Crippen LogP contribution in [0.3, 0.4) is 0 Å². The van der Waals surface area contributed by atoms with Gasteiger partial charge in [0.1, 0.15) is 11.0 Å². The summed E-state index contributed by atoms with van der Waals surface area (Å²) in [6, 6.07) is 6.42. The summed E-state index contributed by atoms with van der Waals surface area (Å²) in [5, 5.41) is 3.79. The number of nitrogens with zero attached hydrogens (tertiary/aromatic N) is 6. The van der Waals surface area contributed by atoms with E-state index in [9.17, 15) is 18.0 Å². The number of aryl methyl sites for hydroxylation is 1. The summed E-state index contributed by atoms with van der Waals surface area (Å²) in [7, 11) is -2.07. The number of pyridine rings is 1. The highest BCUT2D eigenvalue weighted by Crippen LogP contribution is 2.58. The van der Waals surface area contributed by atoms with Gasteiger partial charge < -0.3 is 10.2 Å². The monoisotopic (exact) mass is 648 g/mol. The molecule has 2 N–H and O–H groups in total. The number of nitrogens with one attached hydrogen (secondary N) is 2. The van der Waals surface area contributed by atoms with Crippen molar-refractivity contribution < 1.29 is 13.2 Å². The van der Waals surface area contributed by atoms with Crippen LogP contribution in [0.5, 0.6) is 0 Å². The maximum Gasteiger partial charge on any atom is 0.285 e. The van der Waals surface area contributed by atoms with Crippen LogP contribution >= 0.6 is 11.6 Å². The first-order valence-electron chi connectivity index (χ1n) is 14.9. The average molecular weight is 649 g/mol. The number of fused-ring (bicyclic) bond motifs is 2. The fourth-order valence-electron chi connectivity index (χ4n) is 6.66. The van der Waals surface area contributed by atoms with Gasteiger partial charge in [-0.15, -0.1) is 0 Å². The van der Waals surface area contributed by atoms with Crippen molar-refractivity contribution in [1.82, 2.24) is 29.2 Å². The fourth-order valence-corrected chi connectivity index (χ4v) is 7.24. The van der Waals surface area contributed by atoms with Gasteiger partial charge in [-0.25, -0.2) is 33.1 Å². The smallest absolute Gasteiger partial charge is 0.285 e. The summed E-state index contributed by atoms with van der Waals surface area (Å²) < 4.78 is 27.0. The number of amides is 1. The Morgan fingerprint density at radius 2 is 1.78 bits per heavy atom. The van der Waals surface area contributed by atoms with Gasteiger partial charge in [-0.2, -0.15) is 0 Å². The van der Waals surface area contributed by atoms with Gasteiger partial charge in [0.15, 0.2) is 5.69 Å². The van der Waals surface area contributed by atoms with Crippen LogP contribution in [0.4, 0.5) is 11.6 Å². The lowest BCUT2D eigenvalue weighted by Gasteiger charge is -2.25. The summed E-state index contributed by atoms with van der Waals surface area (Å²) in [5.74, 6) is 2.53. The van der Waals surface area contributed by atoms with Crippen LogP contribution < -0.4 is 20.5 Å². The number of aromatic nitrogens is 5. The van der Waals surface area contributed by atoms with E-state index < -0.39 is 22.0 Å². The zero-order chi connectivity index (χ0) is 31.8. The van der Waals surface area contributed by atoms with E-state index >= 15 is 0 Å². The molecule has 0 radical (unpaired) electrons. The molecule has 3 fully saturated rings. The van der Waals surface area contributed by atoms with Crippen LogP contribution in [0, 0.1) is 18.8 Å². The van der Waals surface area contributed by atoms with Gasteiger partial charge in [-0.1, -0.05) is 17.7 Å². The molecule has 4 atom stereocenters. The van der Waals surface area contributed by atoms with Gasteiger partial charge in [0.25, 0.3) is 11.5 Å². The van der Waals surface area contributed by atoms with E-state index in [4.69, 9.17) is 16.6 Å². The van der Waals surface area contributed by atoms with Gasteiger partial charge in [-0.3, -0.25) is 14.2 Å². The molecule has 234 valence electrons. The highest BCUT2D eigenvalue weighted by molar-refractivity contribution is 7.89. The normalized spacial score (nSPS) is 21.4. The van der Waals surface area contributed by atoms with E-state index in [1.54, 1.807) is 17.7 Å². The Morgan fingerprint density at radius 3 is 2.42 bits per heavy atom. The van der Waals surface area contributed by atoms with Crippen LogP contribution in [-0.4, -0.2) is 58.2 Å². The summed E-state index contributed by atoms with van der Waals surface area (Å²) in [6.07, 6.45) is 7.23. The number of anilines is 2. The van der Waals surface area contributed by atoms with Crippen LogP contribution in [0.2, 0.25) is 5.15 Å². The molecule has 1 unspecified atom stereocenters. The second-order valence-electron chi connectivity index (χ2n) is 12.5. The van der Waals surface area contributed by atoms with Crippen molar-refractivity contribution in [2.24, 2.45) is 18.9 Å². The number of carbonyl (C=O) groups excluding carboxylic acids is 1. The molecule has 1 amide bonds. The molecule has 0 bridgehead atoms. The van der Waals surface area contributed by atoms with Crippen molar-refractivity contribution in [3.05, 3.63) is 80.4 Å². The predicted molar refractivity (Wildman–Crippen MR) is 171 cm³/mol. The molecule has 4 aromatic rings. The summed E-state index contributed by atoms with van der Waals surface area (Å²) in [6.45, 7) is 5.37. The van der Waals surface area contributed by atoms with Gasteiger partial charge in [0, 0.05) is 44.0 Å². The van der Waals surface area contributed by atoms with Crippen molar-refractivity contribution in [2.75, 3.05) is 29.6 Å². The Kier molecular flexibility index (Phi) is 7.08. The minimum atomic E-state index is -3.83. The minimum absolute atomic E-state index is 0.0383. The number of sulfonamides is 1. The van der Waals surface area contributed by atoms with E-state index in [1.807, 2.05) is 43.1 Å². The molecule has 1 saturated heterocycles. The predicted octanol–water partition coefficient (Wildman–Crippen LogP) is 3.67. The number of benzene rings is 1. The van der Waals surface area contributed by atoms with E-state index in [-0.39, 0.29) is 22.1 Å². The van der Waals surface area contributed by atoms with Gasteiger partial charge in [0.05, 0.1) is 28.9 Å². The zero-order valence-corrected chi connectivity index (χ0v) is 26.9. The molecule has 3 aliphatic rings. The molecule has 3 aromatic heterocycles. The van der Waals surface area contributed by atoms with Crippen molar-refractivity contribution >= 4 is 50.1 Å². The van der Waals surface area contributed by atoms with Crippen LogP contribution in [0.1, 0.15) is 70.6 Å². The lowest BCUT2D eigenvalue weighted by molar-refractivity contribution is 0.0977. The molecular formula is C31H33ClN8O4S. The van der Waals surface area contributed by atoms with Crippen molar-refractivity contribution in [1.29, 1.82) is 0 Å². The Bertz CT molecular complexity index is 2020. The summed E-state index contributed by atoms with van der Waals surface area (Å²) >= 11 is 6.05. The molecule has 2 saturated carbocycles. The minimum Gasteiger partial charge on any atom is -0.377 e. The molecule has 1 aliphatic heterocycles. The third kappa shape index (κ3) is 5.63. The molecule has 45 heavy (non-hydrogen) atoms. The van der Waals surface area contributed by atoms with Gasteiger partial charge in [0.2, 0.25) is 16.0 Å². The molecule has 12 nitrogen and oxygen atoms in total. The maximum absolute atomic E-state index is 13.7. The topological polar surface area (TPSA) is 152 Å². The number of piperidine rings is 1. The van der Waals surface area contributed by atoms with E-state index in [0.717, 1.165) is 36.3 Å². The highest BCUT2D eigenvalue weighted by Gasteiger charge is 2.57. The standard InChI is InChI=1S/C31H33ClN8O4S/c1-15-9-19(16(2)35-23-7-8-24(32)36-27(23)29(41)38-45(4,43)44)26-20(10-15)30(42)39(3)31(37-26)40-13-21-22(14-40)25(21)18-11-33-28(34-12-18)17-5-6-17/h7-12,16-17,21-22,25,35H,5-6,13-14H2,1-4H3,(H,38,41)/t16-,21-,22+,25?/m1/s1. The number of halogens is 1. The largest absolute Gasteiger partial charge is 0.377 e. The first-order chi connectivity index (χ1) is 21.4. The highest BCUT2D eigenvalue weighted by atomic mass is 35.5. The number of rotatable bonds is 8. The van der Waals surface area contributed by atoms with Crippen molar-refractivity contribution in [2.45, 2.75) is 44.6 Å². The van der Waals surface area contributed by atoms with Crippen LogP contribution in [-0.2, 0) is 17.1 Å². The van der Waals surface area contributed by atoms with E-state index in [0.29, 0.717) is 40.5 Å². The average Bonchev–Trinajstić information content (AvgIpc) is 3.91. The SMILES string of the molecule is Cc1cc([C@@H](C)Nc2ccc(Cl)nc2C(=O)NS(C)(=O)=O)c2nc(N3C[C@@H]4C(c5cnc(C6CC6)nc5)[C@@H]4C3)n(C)c(=O)c2c1. The third-order valence-electron chi connectivity index (χ3n) is 9.02. The summed E-state index contributed by atoms with van der Waals surface area (Å²) in [4.78, 5) is 47.0. The molecule has 0 spiro atoms. The lowest BCUT2D eigenvalue weighted by atomic mass is 10.0. The van der Waals surface area contributed by atoms with E-state index in [2.05, 4.69) is 25.2 Å². The number of hydrogen-bond donors (Lipinski definition) is 2. The molecule has 1 aromatic carbocycles. The first-order valence-corrected chi connectivity index (χ1v) is 17.2. The van der Waals surface area contributed by atoms with Crippen LogP contribution in [0.15, 0.2) is 41.5 Å². The molecule has 4 heterocycles. The second-order valence-corrected chi connectivity index (χ2v) is 14.7. The molecule has 7 rings (SSSR count).